The number of hydrogen-bond donors (Lipinski definition) is 3. The Kier molecular flexibility index (Phi) is 6.65. The minimum Gasteiger partial charge on any atom is -0.490 e. The molecule has 3 aromatic heterocycles. The molecule has 0 aliphatic heterocycles. The first-order valence-electron chi connectivity index (χ1n) is 13.7. The van der Waals surface area contributed by atoms with Gasteiger partial charge in [0.2, 0.25) is 0 Å². The topological polar surface area (TPSA) is 141 Å². The van der Waals surface area contributed by atoms with Crippen molar-refractivity contribution in [2.75, 3.05) is 6.61 Å². The summed E-state index contributed by atoms with van der Waals surface area (Å²) in [5.41, 5.74) is 8.27. The van der Waals surface area contributed by atoms with Gasteiger partial charge in [-0.1, -0.05) is 6.07 Å². The van der Waals surface area contributed by atoms with Crippen LogP contribution in [0, 0.1) is 5.41 Å². The van der Waals surface area contributed by atoms with E-state index in [0.29, 0.717) is 28.1 Å². The van der Waals surface area contributed by atoms with Gasteiger partial charge in [0, 0.05) is 18.4 Å². The van der Waals surface area contributed by atoms with Crippen molar-refractivity contribution in [3.8, 4) is 22.6 Å². The number of carbonyl (C=O) groups excluding carboxylic acids is 2. The fraction of sp³-hybridized carbons (Fsp3) is 0.355. The molecule has 1 aromatic carbocycles. The number of aliphatic hydroxyl groups is 1. The molecule has 1 spiro atoms. The van der Waals surface area contributed by atoms with E-state index >= 15 is 0 Å². The predicted octanol–water partition coefficient (Wildman–Crippen LogP) is 3.76. The molecule has 2 aliphatic rings. The molecule has 4 aromatic rings. The molecule has 2 aliphatic carbocycles. The minimum absolute atomic E-state index is 0.00937. The van der Waals surface area contributed by atoms with Gasteiger partial charge in [-0.3, -0.25) is 14.6 Å². The molecule has 10 heteroatoms. The first-order valence-corrected chi connectivity index (χ1v) is 13.7. The highest BCUT2D eigenvalue weighted by Crippen LogP contribution is 2.57. The van der Waals surface area contributed by atoms with Gasteiger partial charge in [-0.05, 0) is 92.5 Å². The fourth-order valence-electron chi connectivity index (χ4n) is 5.89. The lowest BCUT2D eigenvalue weighted by Gasteiger charge is -2.57. The van der Waals surface area contributed by atoms with Crippen LogP contribution in [0.15, 0.2) is 67.3 Å². The van der Waals surface area contributed by atoms with Gasteiger partial charge in [-0.2, -0.15) is 5.10 Å². The van der Waals surface area contributed by atoms with Crippen molar-refractivity contribution in [2.24, 2.45) is 11.1 Å². The summed E-state index contributed by atoms with van der Waals surface area (Å²) in [4.78, 5) is 29.1. The van der Waals surface area contributed by atoms with E-state index in [9.17, 15) is 14.7 Å². The van der Waals surface area contributed by atoms with E-state index in [1.807, 2.05) is 24.3 Å². The Bertz CT molecular complexity index is 1600. The van der Waals surface area contributed by atoms with Crippen LogP contribution in [0.3, 0.4) is 0 Å². The van der Waals surface area contributed by atoms with Gasteiger partial charge < -0.3 is 25.6 Å². The molecule has 2 amide bonds. The molecule has 10 nitrogen and oxygen atoms in total. The zero-order valence-electron chi connectivity index (χ0n) is 23.0. The van der Waals surface area contributed by atoms with E-state index in [0.717, 1.165) is 36.8 Å². The molecule has 3 heterocycles. The SMILES string of the molecule is CC(C)(O)COc1ccc2c(C(=O)NC3CC4(C3)CC(Oc3cc(-c5ccncc5)ccc3C(N)=O)C4)cnn2c1. The zero-order valence-corrected chi connectivity index (χ0v) is 23.0. The maximum Gasteiger partial charge on any atom is 0.255 e. The van der Waals surface area contributed by atoms with Gasteiger partial charge in [0.25, 0.3) is 11.8 Å². The summed E-state index contributed by atoms with van der Waals surface area (Å²) in [6, 6.07) is 12.9. The molecule has 0 saturated heterocycles. The van der Waals surface area contributed by atoms with Gasteiger partial charge in [0.1, 0.15) is 18.1 Å². The number of primary amides is 1. The predicted molar refractivity (Wildman–Crippen MR) is 152 cm³/mol. The summed E-state index contributed by atoms with van der Waals surface area (Å²) < 4.78 is 13.5. The van der Waals surface area contributed by atoms with Crippen molar-refractivity contribution < 1.29 is 24.2 Å². The number of nitrogens with two attached hydrogens (primary N) is 1. The van der Waals surface area contributed by atoms with Gasteiger partial charge in [0.15, 0.2) is 0 Å². The fourth-order valence-corrected chi connectivity index (χ4v) is 5.89. The molecule has 41 heavy (non-hydrogen) atoms. The summed E-state index contributed by atoms with van der Waals surface area (Å²) in [5, 5.41) is 17.3. The van der Waals surface area contributed by atoms with E-state index < -0.39 is 11.5 Å². The van der Waals surface area contributed by atoms with Crippen molar-refractivity contribution in [1.29, 1.82) is 0 Å². The largest absolute Gasteiger partial charge is 0.490 e. The monoisotopic (exact) mass is 555 g/mol. The Morgan fingerprint density at radius 2 is 1.83 bits per heavy atom. The van der Waals surface area contributed by atoms with Gasteiger partial charge in [-0.25, -0.2) is 4.52 Å². The third kappa shape index (κ3) is 5.60. The van der Waals surface area contributed by atoms with Gasteiger partial charge in [0.05, 0.1) is 40.7 Å². The first kappa shape index (κ1) is 26.8. The second kappa shape index (κ2) is 10.2. The third-order valence-corrected chi connectivity index (χ3v) is 7.90. The van der Waals surface area contributed by atoms with Crippen LogP contribution in [-0.4, -0.2) is 55.9 Å². The number of fused-ring (bicyclic) bond motifs is 1. The number of pyridine rings is 2. The number of amides is 2. The van der Waals surface area contributed by atoms with Crippen LogP contribution in [-0.2, 0) is 0 Å². The second-order valence-corrected chi connectivity index (χ2v) is 11.9. The van der Waals surface area contributed by atoms with Gasteiger partial charge in [-0.15, -0.1) is 0 Å². The number of carbonyl (C=O) groups is 2. The Morgan fingerprint density at radius 3 is 2.54 bits per heavy atom. The standard InChI is InChI=1S/C31H33N5O5/c1-30(2,39)18-40-22-4-6-26-25(16-34-36(26)17-22)29(38)35-21-12-31(13-21)14-23(15-31)41-27-11-20(3-5-24(27)28(32)37)19-7-9-33-10-8-19/h3-11,16-17,21,23,39H,12-15,18H2,1-2H3,(H2,32,37)(H,35,38). The van der Waals surface area contributed by atoms with E-state index in [1.54, 1.807) is 61.3 Å². The maximum absolute atomic E-state index is 13.0. The molecular formula is C31H33N5O5. The van der Waals surface area contributed by atoms with Crippen LogP contribution in [0.4, 0.5) is 0 Å². The number of aromatic nitrogens is 3. The molecule has 212 valence electrons. The number of ether oxygens (including phenoxy) is 2. The van der Waals surface area contributed by atoms with Crippen molar-refractivity contribution in [3.63, 3.8) is 0 Å². The second-order valence-electron chi connectivity index (χ2n) is 11.9. The summed E-state index contributed by atoms with van der Waals surface area (Å²) in [6.45, 7) is 3.49. The number of benzene rings is 1. The van der Waals surface area contributed by atoms with Crippen LogP contribution in [0.2, 0.25) is 0 Å². The molecular weight excluding hydrogens is 522 g/mol. The van der Waals surface area contributed by atoms with Crippen LogP contribution >= 0.6 is 0 Å². The van der Waals surface area contributed by atoms with Crippen LogP contribution in [0.5, 0.6) is 11.5 Å². The summed E-state index contributed by atoms with van der Waals surface area (Å²) in [7, 11) is 0. The first-order chi connectivity index (χ1) is 19.6. The molecule has 0 unspecified atom stereocenters. The van der Waals surface area contributed by atoms with Crippen LogP contribution < -0.4 is 20.5 Å². The van der Waals surface area contributed by atoms with E-state index in [1.165, 1.54) is 0 Å². The Balaban J connectivity index is 1.03. The highest BCUT2D eigenvalue weighted by Gasteiger charge is 2.54. The number of rotatable bonds is 9. The molecule has 0 bridgehead atoms. The average Bonchev–Trinajstić information content (AvgIpc) is 3.33. The van der Waals surface area contributed by atoms with Crippen molar-refractivity contribution >= 4 is 17.3 Å². The van der Waals surface area contributed by atoms with Crippen LogP contribution in [0.1, 0.15) is 60.2 Å². The Hall–Kier alpha value is -4.44. The van der Waals surface area contributed by atoms with E-state index in [2.05, 4.69) is 15.4 Å². The van der Waals surface area contributed by atoms with E-state index in [-0.39, 0.29) is 30.1 Å². The van der Waals surface area contributed by atoms with Crippen LogP contribution in [0.25, 0.3) is 16.6 Å². The molecule has 4 N–H and O–H groups in total. The maximum atomic E-state index is 13.0. The normalized spacial score (nSPS) is 21.6. The van der Waals surface area contributed by atoms with E-state index in [4.69, 9.17) is 15.2 Å². The summed E-state index contributed by atoms with van der Waals surface area (Å²) in [6.07, 6.45) is 10.2. The zero-order chi connectivity index (χ0) is 28.8. The Morgan fingerprint density at radius 1 is 1.07 bits per heavy atom. The molecule has 2 saturated carbocycles. The minimum atomic E-state index is -0.950. The molecule has 2 fully saturated rings. The lowest BCUT2D eigenvalue weighted by atomic mass is 9.53. The molecule has 6 rings (SSSR count). The Labute approximate surface area is 237 Å². The number of hydrogen-bond acceptors (Lipinski definition) is 7. The summed E-state index contributed by atoms with van der Waals surface area (Å²) >= 11 is 0. The van der Waals surface area contributed by atoms with Crippen molar-refractivity contribution in [1.82, 2.24) is 19.9 Å². The average molecular weight is 556 g/mol. The lowest BCUT2D eigenvalue weighted by Crippen LogP contribution is -2.58. The molecule has 0 atom stereocenters. The smallest absolute Gasteiger partial charge is 0.255 e. The van der Waals surface area contributed by atoms with Crippen molar-refractivity contribution in [2.45, 2.75) is 57.3 Å². The third-order valence-electron chi connectivity index (χ3n) is 7.90. The highest BCUT2D eigenvalue weighted by molar-refractivity contribution is 6.00. The van der Waals surface area contributed by atoms with Crippen molar-refractivity contribution in [3.05, 3.63) is 78.4 Å². The van der Waals surface area contributed by atoms with Gasteiger partial charge >= 0.3 is 0 Å². The summed E-state index contributed by atoms with van der Waals surface area (Å²) in [5.74, 6) is 0.380. The number of nitrogens with one attached hydrogen (secondary N) is 1. The number of nitrogens with zero attached hydrogens (tertiary/aromatic N) is 3. The highest BCUT2D eigenvalue weighted by atomic mass is 16.5. The quantitative estimate of drug-likeness (QED) is 0.286. The lowest BCUT2D eigenvalue weighted by molar-refractivity contribution is -0.0834. The molecule has 0 radical (unpaired) electrons.